The number of likely N-dealkylation sites (N-methyl/N-ethyl adjacent to an activating group) is 2. The number of hydrogen-bond donors (Lipinski definition) is 3. The van der Waals surface area contributed by atoms with E-state index < -0.39 is 0 Å². The molecular formula is C18H37N5O3S. The Balaban J connectivity index is 2.75. The molecule has 0 aromatic rings. The molecule has 1 heterocycles. The molecule has 0 saturated carbocycles. The van der Waals surface area contributed by atoms with E-state index >= 15 is 0 Å². The monoisotopic (exact) mass is 403 g/mol. The van der Waals surface area contributed by atoms with Crippen molar-refractivity contribution in [1.82, 2.24) is 25.8 Å². The van der Waals surface area contributed by atoms with Gasteiger partial charge in [-0.05, 0) is 41.8 Å². The normalized spacial score (nSPS) is 19.1. The predicted octanol–water partition coefficient (Wildman–Crippen LogP) is -0.0940. The lowest BCUT2D eigenvalue weighted by atomic mass is 10.1. The summed E-state index contributed by atoms with van der Waals surface area (Å²) in [4.78, 5) is 28.9. The van der Waals surface area contributed by atoms with Gasteiger partial charge in [0.15, 0.2) is 0 Å². The Morgan fingerprint density at radius 1 is 1.22 bits per heavy atom. The van der Waals surface area contributed by atoms with Crippen molar-refractivity contribution in [2.45, 2.75) is 44.3 Å². The number of methoxy groups -OCH3 is 1. The molecule has 8 nitrogen and oxygen atoms in total. The first-order valence-corrected chi connectivity index (χ1v) is 10.4. The van der Waals surface area contributed by atoms with E-state index in [9.17, 15) is 9.59 Å². The van der Waals surface area contributed by atoms with Crippen molar-refractivity contribution in [2.24, 2.45) is 0 Å². The fraction of sp³-hybridized carbons (Fsp3) is 0.889. The SMILES string of the molecule is CNCCNC(=O)CNC(=O)[C@H](CSC(C)(C)OC)N1CCN(C)C1(C)C. The molecule has 9 heteroatoms. The molecule has 1 fully saturated rings. The third-order valence-corrected chi connectivity index (χ3v) is 6.54. The van der Waals surface area contributed by atoms with Crippen LogP contribution in [0.1, 0.15) is 27.7 Å². The van der Waals surface area contributed by atoms with Gasteiger partial charge < -0.3 is 20.7 Å². The highest BCUT2D eigenvalue weighted by Crippen LogP contribution is 2.31. The van der Waals surface area contributed by atoms with Crippen LogP contribution in [0, 0.1) is 0 Å². The molecule has 0 aromatic carbocycles. The molecule has 0 spiro atoms. The third kappa shape index (κ3) is 7.23. The van der Waals surface area contributed by atoms with Gasteiger partial charge in [-0.25, -0.2) is 0 Å². The molecule has 0 aromatic heterocycles. The van der Waals surface area contributed by atoms with Crippen molar-refractivity contribution in [3.8, 4) is 0 Å². The van der Waals surface area contributed by atoms with Crippen LogP contribution in [-0.4, -0.2) is 97.9 Å². The molecule has 0 bridgehead atoms. The smallest absolute Gasteiger partial charge is 0.239 e. The number of amides is 2. The molecule has 1 rings (SSSR count). The minimum atomic E-state index is -0.376. The van der Waals surface area contributed by atoms with E-state index in [1.165, 1.54) is 0 Å². The summed E-state index contributed by atoms with van der Waals surface area (Å²) < 4.78 is 5.49. The van der Waals surface area contributed by atoms with Crippen LogP contribution < -0.4 is 16.0 Å². The van der Waals surface area contributed by atoms with Crippen molar-refractivity contribution in [3.63, 3.8) is 0 Å². The minimum Gasteiger partial charge on any atom is -0.368 e. The second kappa shape index (κ2) is 10.6. The van der Waals surface area contributed by atoms with Gasteiger partial charge in [-0.15, -0.1) is 11.8 Å². The van der Waals surface area contributed by atoms with Crippen LogP contribution in [0.25, 0.3) is 0 Å². The largest absolute Gasteiger partial charge is 0.368 e. The van der Waals surface area contributed by atoms with Crippen LogP contribution in [0.2, 0.25) is 0 Å². The van der Waals surface area contributed by atoms with Gasteiger partial charge in [0.25, 0.3) is 0 Å². The van der Waals surface area contributed by atoms with E-state index in [0.717, 1.165) is 13.1 Å². The number of hydrogen-bond acceptors (Lipinski definition) is 7. The first kappa shape index (κ1) is 24.2. The molecule has 1 saturated heterocycles. The van der Waals surface area contributed by atoms with Crippen LogP contribution in [0.4, 0.5) is 0 Å². The van der Waals surface area contributed by atoms with Gasteiger partial charge in [-0.2, -0.15) is 0 Å². The number of carbonyl (C=O) groups excluding carboxylic acids is 2. The maximum absolute atomic E-state index is 12.9. The summed E-state index contributed by atoms with van der Waals surface area (Å²) in [6.07, 6.45) is 0. The lowest BCUT2D eigenvalue weighted by molar-refractivity contribution is -0.130. The molecule has 2 amide bonds. The zero-order valence-corrected chi connectivity index (χ0v) is 18.7. The Bertz CT molecular complexity index is 501. The Kier molecular flexibility index (Phi) is 9.50. The van der Waals surface area contributed by atoms with Gasteiger partial charge in [0, 0.05) is 39.0 Å². The summed E-state index contributed by atoms with van der Waals surface area (Å²) in [5.74, 6) is 0.285. The Morgan fingerprint density at radius 2 is 1.89 bits per heavy atom. The lowest BCUT2D eigenvalue weighted by Crippen LogP contribution is -2.58. The van der Waals surface area contributed by atoms with E-state index in [0.29, 0.717) is 18.8 Å². The molecule has 0 radical (unpaired) electrons. The maximum atomic E-state index is 12.9. The quantitative estimate of drug-likeness (QED) is 0.328. The average Bonchev–Trinajstić information content (AvgIpc) is 2.87. The minimum absolute atomic E-state index is 0.0124. The fourth-order valence-electron chi connectivity index (χ4n) is 2.88. The van der Waals surface area contributed by atoms with Crippen molar-refractivity contribution >= 4 is 23.6 Å². The molecule has 1 aliphatic rings. The third-order valence-electron chi connectivity index (χ3n) is 5.19. The Morgan fingerprint density at radius 3 is 2.41 bits per heavy atom. The van der Waals surface area contributed by atoms with Crippen molar-refractivity contribution in [2.75, 3.05) is 59.7 Å². The molecule has 1 aliphatic heterocycles. The van der Waals surface area contributed by atoms with E-state index in [1.807, 2.05) is 20.9 Å². The summed E-state index contributed by atoms with van der Waals surface area (Å²) in [5.41, 5.74) is -0.227. The number of ether oxygens (including phenoxy) is 1. The second-order valence-corrected chi connectivity index (χ2v) is 9.32. The van der Waals surface area contributed by atoms with Crippen LogP contribution in [-0.2, 0) is 14.3 Å². The Labute approximate surface area is 168 Å². The lowest BCUT2D eigenvalue weighted by Gasteiger charge is -2.41. The highest BCUT2D eigenvalue weighted by atomic mass is 32.2. The topological polar surface area (TPSA) is 85.9 Å². The number of rotatable bonds is 11. The number of nitrogens with one attached hydrogen (secondary N) is 3. The highest BCUT2D eigenvalue weighted by molar-refractivity contribution is 8.00. The van der Waals surface area contributed by atoms with Gasteiger partial charge in [-0.1, -0.05) is 0 Å². The van der Waals surface area contributed by atoms with Crippen molar-refractivity contribution in [1.29, 1.82) is 0 Å². The van der Waals surface area contributed by atoms with E-state index in [1.54, 1.807) is 18.9 Å². The van der Waals surface area contributed by atoms with Crippen molar-refractivity contribution < 1.29 is 14.3 Å². The van der Waals surface area contributed by atoms with Crippen molar-refractivity contribution in [3.05, 3.63) is 0 Å². The van der Waals surface area contributed by atoms with Crippen LogP contribution >= 0.6 is 11.8 Å². The summed E-state index contributed by atoms with van der Waals surface area (Å²) in [6.45, 7) is 11.2. The molecule has 0 aliphatic carbocycles. The number of carbonyl (C=O) groups is 2. The second-order valence-electron chi connectivity index (χ2n) is 7.71. The average molecular weight is 404 g/mol. The van der Waals surface area contributed by atoms with Gasteiger partial charge in [0.1, 0.15) is 4.93 Å². The molecular weight excluding hydrogens is 366 g/mol. The van der Waals surface area contributed by atoms with Gasteiger partial charge in [0.05, 0.1) is 18.2 Å². The van der Waals surface area contributed by atoms with E-state index in [-0.39, 0.29) is 35.0 Å². The number of nitrogens with zero attached hydrogens (tertiary/aromatic N) is 2. The van der Waals surface area contributed by atoms with Gasteiger partial charge in [0.2, 0.25) is 11.8 Å². The van der Waals surface area contributed by atoms with E-state index in [4.69, 9.17) is 4.74 Å². The molecule has 158 valence electrons. The first-order valence-electron chi connectivity index (χ1n) is 9.41. The predicted molar refractivity (Wildman–Crippen MR) is 111 cm³/mol. The van der Waals surface area contributed by atoms with Gasteiger partial charge >= 0.3 is 0 Å². The zero-order chi connectivity index (χ0) is 20.7. The standard InChI is InChI=1S/C18H37N5O3S/c1-17(2)22(6)10-11-23(17)14(13-27-18(3,4)26-7)16(25)21-12-15(24)20-9-8-19-5/h14,19H,8-13H2,1-7H3,(H,20,24)(H,21,25)/t14-/m0/s1. The molecule has 3 N–H and O–H groups in total. The van der Waals surface area contributed by atoms with E-state index in [2.05, 4.69) is 46.6 Å². The summed E-state index contributed by atoms with van der Waals surface area (Å²) in [6, 6.07) is -0.338. The maximum Gasteiger partial charge on any atom is 0.239 e. The summed E-state index contributed by atoms with van der Waals surface area (Å²) in [5, 5.41) is 8.55. The highest BCUT2D eigenvalue weighted by Gasteiger charge is 2.43. The molecule has 27 heavy (non-hydrogen) atoms. The van der Waals surface area contributed by atoms with Gasteiger partial charge in [-0.3, -0.25) is 19.4 Å². The molecule has 0 unspecified atom stereocenters. The first-order chi connectivity index (χ1) is 12.5. The Hall–Kier alpha value is -0.870. The van der Waals surface area contributed by atoms with Crippen LogP contribution in [0.5, 0.6) is 0 Å². The van der Waals surface area contributed by atoms with Crippen LogP contribution in [0.3, 0.4) is 0 Å². The zero-order valence-electron chi connectivity index (χ0n) is 17.8. The molecule has 1 atom stereocenters. The number of thioether (sulfide) groups is 1. The summed E-state index contributed by atoms with van der Waals surface area (Å²) >= 11 is 1.60. The van der Waals surface area contributed by atoms with Crippen LogP contribution in [0.15, 0.2) is 0 Å². The summed E-state index contributed by atoms with van der Waals surface area (Å²) in [7, 11) is 5.56. The fourth-order valence-corrected chi connectivity index (χ4v) is 3.89.